The van der Waals surface area contributed by atoms with E-state index in [-0.39, 0.29) is 0 Å². The van der Waals surface area contributed by atoms with Crippen molar-refractivity contribution in [2.24, 2.45) is 0 Å². The van der Waals surface area contributed by atoms with Crippen molar-refractivity contribution in [3.05, 3.63) is 28.8 Å². The second kappa shape index (κ2) is 6.78. The third-order valence-electron chi connectivity index (χ3n) is 3.35. The zero-order chi connectivity index (χ0) is 13.0. The fraction of sp³-hybridized carbons (Fsp3) is 0.571. The number of hydrogen-bond donors (Lipinski definition) is 0. The van der Waals surface area contributed by atoms with Crippen LogP contribution in [0.3, 0.4) is 0 Å². The van der Waals surface area contributed by atoms with Crippen molar-refractivity contribution in [2.75, 3.05) is 24.6 Å². The summed E-state index contributed by atoms with van der Waals surface area (Å²) in [5.41, 5.74) is 2.42. The largest absolute Gasteiger partial charge is 0.377 e. The van der Waals surface area contributed by atoms with Gasteiger partial charge in [0.25, 0.3) is 0 Å². The number of ether oxygens (including phenoxy) is 1. The lowest BCUT2D eigenvalue weighted by Crippen LogP contribution is -2.40. The molecule has 2 rings (SSSR count). The summed E-state index contributed by atoms with van der Waals surface area (Å²) in [7, 11) is 0. The van der Waals surface area contributed by atoms with E-state index in [9.17, 15) is 0 Å². The van der Waals surface area contributed by atoms with Crippen LogP contribution in [-0.4, -0.2) is 25.8 Å². The number of rotatable bonds is 4. The van der Waals surface area contributed by atoms with Crippen molar-refractivity contribution in [2.45, 2.75) is 31.2 Å². The molecule has 1 saturated heterocycles. The van der Waals surface area contributed by atoms with Gasteiger partial charge in [-0.2, -0.15) is 0 Å². The topological polar surface area (TPSA) is 12.5 Å². The molecule has 0 radical (unpaired) electrons. The smallest absolute Gasteiger partial charge is 0.0750 e. The average molecular weight is 333 g/mol. The first-order valence-corrected chi connectivity index (χ1v) is 7.96. The van der Waals surface area contributed by atoms with Crippen molar-refractivity contribution in [3.63, 3.8) is 0 Å². The summed E-state index contributed by atoms with van der Waals surface area (Å²) in [5, 5.41) is 1.63. The van der Waals surface area contributed by atoms with Gasteiger partial charge in [-0.25, -0.2) is 0 Å². The lowest BCUT2D eigenvalue weighted by molar-refractivity contribution is 0.0526. The van der Waals surface area contributed by atoms with Crippen molar-refractivity contribution >= 4 is 33.2 Å². The van der Waals surface area contributed by atoms with E-state index in [1.807, 2.05) is 12.1 Å². The minimum atomic E-state index is 0.353. The number of alkyl halides is 1. The average Bonchev–Trinajstić information content (AvgIpc) is 2.39. The summed E-state index contributed by atoms with van der Waals surface area (Å²) in [6.07, 6.45) is 2.69. The number of anilines is 1. The van der Waals surface area contributed by atoms with Crippen molar-refractivity contribution < 1.29 is 4.74 Å². The number of halogens is 2. The first kappa shape index (κ1) is 14.2. The highest BCUT2D eigenvalue weighted by Gasteiger charge is 2.22. The van der Waals surface area contributed by atoms with Gasteiger partial charge in [-0.3, -0.25) is 0 Å². The van der Waals surface area contributed by atoms with Crippen LogP contribution in [0.25, 0.3) is 0 Å². The lowest BCUT2D eigenvalue weighted by Gasteiger charge is -2.35. The van der Waals surface area contributed by atoms with Crippen LogP contribution in [0.2, 0.25) is 5.02 Å². The van der Waals surface area contributed by atoms with Gasteiger partial charge < -0.3 is 9.64 Å². The number of hydrogen-bond acceptors (Lipinski definition) is 2. The van der Waals surface area contributed by atoms with E-state index < -0.39 is 0 Å². The molecule has 0 aromatic heterocycles. The molecule has 0 saturated carbocycles. The van der Waals surface area contributed by atoms with E-state index in [4.69, 9.17) is 16.3 Å². The first-order valence-electron chi connectivity index (χ1n) is 6.46. The lowest BCUT2D eigenvalue weighted by atomic mass is 10.1. The molecule has 4 heteroatoms. The van der Waals surface area contributed by atoms with E-state index in [1.54, 1.807) is 0 Å². The monoisotopic (exact) mass is 331 g/mol. The van der Waals surface area contributed by atoms with Gasteiger partial charge in [0.2, 0.25) is 0 Å². The Morgan fingerprint density at radius 3 is 3.06 bits per heavy atom. The summed E-state index contributed by atoms with van der Waals surface area (Å²) in [6, 6.07) is 6.12. The van der Waals surface area contributed by atoms with Crippen LogP contribution in [0, 0.1) is 0 Å². The predicted octanol–water partition coefficient (Wildman–Crippen LogP) is 4.24. The maximum Gasteiger partial charge on any atom is 0.0750 e. The molecule has 1 atom stereocenters. The Morgan fingerprint density at radius 1 is 1.50 bits per heavy atom. The Hall–Kier alpha value is -0.250. The minimum absolute atomic E-state index is 0.353. The summed E-state index contributed by atoms with van der Waals surface area (Å²) in [5.74, 6) is 0. The molecule has 1 aliphatic heterocycles. The fourth-order valence-corrected chi connectivity index (χ4v) is 3.49. The van der Waals surface area contributed by atoms with Crippen LogP contribution < -0.4 is 4.90 Å². The van der Waals surface area contributed by atoms with Crippen LogP contribution in [0.5, 0.6) is 0 Å². The van der Waals surface area contributed by atoms with Crippen LogP contribution in [-0.2, 0) is 10.1 Å². The Labute approximate surface area is 122 Å². The van der Waals surface area contributed by atoms with E-state index in [1.165, 1.54) is 17.7 Å². The fourth-order valence-electron chi connectivity index (χ4n) is 2.50. The molecule has 1 unspecified atom stereocenters. The maximum absolute atomic E-state index is 6.26. The molecule has 0 amide bonds. The Kier molecular flexibility index (Phi) is 5.34. The van der Waals surface area contributed by atoms with E-state index in [2.05, 4.69) is 33.8 Å². The van der Waals surface area contributed by atoms with Crippen molar-refractivity contribution in [3.8, 4) is 0 Å². The molecule has 1 heterocycles. The second-order valence-electron chi connectivity index (χ2n) is 4.54. The molecule has 1 aliphatic rings. The molecular weight excluding hydrogens is 314 g/mol. The van der Waals surface area contributed by atoms with Crippen LogP contribution in [0.15, 0.2) is 18.2 Å². The van der Waals surface area contributed by atoms with E-state index in [0.29, 0.717) is 6.10 Å². The highest BCUT2D eigenvalue weighted by atomic mass is 79.9. The standard InChI is InChI=1S/C14H19BrClNO/c1-2-18-11-5-4-8-17(10-11)14-7-3-6-13(16)12(14)9-15/h3,6-7,11H,2,4-5,8-10H2,1H3. The quantitative estimate of drug-likeness (QED) is 0.765. The third-order valence-corrected chi connectivity index (χ3v) is 4.26. The molecule has 1 aromatic carbocycles. The molecule has 0 spiro atoms. The van der Waals surface area contributed by atoms with Crippen LogP contribution >= 0.6 is 27.5 Å². The second-order valence-corrected chi connectivity index (χ2v) is 5.50. The Balaban J connectivity index is 2.18. The van der Waals surface area contributed by atoms with Gasteiger partial charge in [-0.1, -0.05) is 33.6 Å². The van der Waals surface area contributed by atoms with Gasteiger partial charge in [0.05, 0.1) is 6.10 Å². The predicted molar refractivity (Wildman–Crippen MR) is 80.9 cm³/mol. The Bertz CT molecular complexity index is 397. The molecule has 2 nitrogen and oxygen atoms in total. The van der Waals surface area contributed by atoms with Gasteiger partial charge in [0.1, 0.15) is 0 Å². The zero-order valence-corrected chi connectivity index (χ0v) is 13.0. The minimum Gasteiger partial charge on any atom is -0.377 e. The van der Waals surface area contributed by atoms with Gasteiger partial charge in [-0.15, -0.1) is 0 Å². The summed E-state index contributed by atoms with van der Waals surface area (Å²) < 4.78 is 5.75. The molecule has 100 valence electrons. The Morgan fingerprint density at radius 2 is 2.33 bits per heavy atom. The molecule has 18 heavy (non-hydrogen) atoms. The van der Waals surface area contributed by atoms with Gasteiger partial charge in [0, 0.05) is 41.3 Å². The molecule has 0 N–H and O–H groups in total. The van der Waals surface area contributed by atoms with Crippen molar-refractivity contribution in [1.29, 1.82) is 0 Å². The molecular formula is C14H19BrClNO. The SMILES string of the molecule is CCOC1CCCN(c2cccc(Cl)c2CBr)C1. The molecule has 1 fully saturated rings. The van der Waals surface area contributed by atoms with Gasteiger partial charge in [0.15, 0.2) is 0 Å². The number of nitrogens with zero attached hydrogens (tertiary/aromatic N) is 1. The summed E-state index contributed by atoms with van der Waals surface area (Å²) >= 11 is 9.79. The van der Waals surface area contributed by atoms with Crippen LogP contribution in [0.1, 0.15) is 25.3 Å². The highest BCUT2D eigenvalue weighted by Crippen LogP contribution is 2.31. The van der Waals surface area contributed by atoms with Crippen LogP contribution in [0.4, 0.5) is 5.69 Å². The van der Waals surface area contributed by atoms with Crippen molar-refractivity contribution in [1.82, 2.24) is 0 Å². The van der Waals surface area contributed by atoms with Gasteiger partial charge in [-0.05, 0) is 31.9 Å². The number of benzene rings is 1. The van der Waals surface area contributed by atoms with Gasteiger partial charge >= 0.3 is 0 Å². The van der Waals surface area contributed by atoms with E-state index in [0.717, 1.165) is 36.5 Å². The summed E-state index contributed by atoms with van der Waals surface area (Å²) in [4.78, 5) is 2.40. The first-order chi connectivity index (χ1) is 8.76. The zero-order valence-electron chi connectivity index (χ0n) is 10.7. The number of piperidine rings is 1. The highest BCUT2D eigenvalue weighted by molar-refractivity contribution is 9.08. The van der Waals surface area contributed by atoms with E-state index >= 15 is 0 Å². The molecule has 1 aromatic rings. The maximum atomic E-state index is 6.26. The third kappa shape index (κ3) is 3.19. The molecule has 0 bridgehead atoms. The normalized spacial score (nSPS) is 20.2. The molecule has 0 aliphatic carbocycles. The summed E-state index contributed by atoms with van der Waals surface area (Å²) in [6.45, 7) is 4.90.